The molecule has 0 spiro atoms. The molecule has 16 heavy (non-hydrogen) atoms. The Kier molecular flexibility index (Phi) is 2.71. The highest BCUT2D eigenvalue weighted by molar-refractivity contribution is 9.10. The van der Waals surface area contributed by atoms with Crippen LogP contribution in [-0.2, 0) is 16.0 Å². The first kappa shape index (κ1) is 11.1. The molecule has 0 aliphatic carbocycles. The molecule has 1 amide bonds. The molecule has 1 aliphatic rings. The maximum Gasteiger partial charge on any atom is 0.294 e. The highest BCUT2D eigenvalue weighted by Crippen LogP contribution is 2.24. The summed E-state index contributed by atoms with van der Waals surface area (Å²) in [5.74, 6) is -0.326. The van der Waals surface area contributed by atoms with Crippen molar-refractivity contribution < 1.29 is 9.53 Å². The van der Waals surface area contributed by atoms with E-state index in [0.717, 1.165) is 10.0 Å². The second-order valence-electron chi connectivity index (χ2n) is 3.89. The molecule has 0 saturated carbocycles. The molecule has 1 unspecified atom stereocenters. The van der Waals surface area contributed by atoms with Gasteiger partial charge in [0.05, 0.1) is 0 Å². The molecule has 0 aromatic heterocycles. The fraction of sp³-hybridized carbons (Fsp3) is 0.273. The summed E-state index contributed by atoms with van der Waals surface area (Å²) in [5, 5.41) is 0. The minimum Gasteiger partial charge on any atom is -0.448 e. The minimum absolute atomic E-state index is 0.0513. The van der Waals surface area contributed by atoms with Crippen LogP contribution >= 0.6 is 15.9 Å². The van der Waals surface area contributed by atoms with Crippen LogP contribution in [0.2, 0.25) is 0 Å². The van der Waals surface area contributed by atoms with E-state index in [1.165, 1.54) is 0 Å². The molecule has 1 aromatic carbocycles. The summed E-state index contributed by atoms with van der Waals surface area (Å²) in [4.78, 5) is 15.2. The second-order valence-corrected chi connectivity index (χ2v) is 4.81. The van der Waals surface area contributed by atoms with Crippen molar-refractivity contribution in [2.75, 3.05) is 0 Å². The lowest BCUT2D eigenvalue weighted by Gasteiger charge is -2.20. The molecule has 5 heteroatoms. The maximum absolute atomic E-state index is 11.6. The van der Waals surface area contributed by atoms with Crippen molar-refractivity contribution >= 4 is 27.9 Å². The van der Waals surface area contributed by atoms with E-state index in [1.807, 2.05) is 24.3 Å². The summed E-state index contributed by atoms with van der Waals surface area (Å²) < 4.78 is 6.26. The van der Waals surface area contributed by atoms with Gasteiger partial charge < -0.3 is 10.5 Å². The van der Waals surface area contributed by atoms with E-state index >= 15 is 0 Å². The van der Waals surface area contributed by atoms with Crippen LogP contribution in [0.15, 0.2) is 33.7 Å². The van der Waals surface area contributed by atoms with Gasteiger partial charge in [0.2, 0.25) is 0 Å². The summed E-state index contributed by atoms with van der Waals surface area (Å²) in [6, 6.07) is 7.65. The van der Waals surface area contributed by atoms with Gasteiger partial charge in [0.1, 0.15) is 0 Å². The van der Waals surface area contributed by atoms with Gasteiger partial charge in [-0.25, -0.2) is 0 Å². The highest BCUT2D eigenvalue weighted by atomic mass is 79.9. The van der Waals surface area contributed by atoms with Gasteiger partial charge in [0.25, 0.3) is 11.9 Å². The van der Waals surface area contributed by atoms with Crippen LogP contribution in [0.3, 0.4) is 0 Å². The first-order valence-electron chi connectivity index (χ1n) is 4.82. The number of nitrogens with zero attached hydrogens (tertiary/aromatic N) is 1. The molecule has 2 rings (SSSR count). The topological polar surface area (TPSA) is 64.7 Å². The predicted molar refractivity (Wildman–Crippen MR) is 64.0 cm³/mol. The Hall–Kier alpha value is -1.36. The number of amides is 1. The minimum atomic E-state index is -0.960. The molecule has 4 nitrogen and oxygen atoms in total. The molecule has 1 atom stereocenters. The van der Waals surface area contributed by atoms with E-state index in [2.05, 4.69) is 20.9 Å². The average molecular weight is 283 g/mol. The van der Waals surface area contributed by atoms with Crippen molar-refractivity contribution in [3.63, 3.8) is 0 Å². The van der Waals surface area contributed by atoms with Crippen LogP contribution < -0.4 is 5.73 Å². The van der Waals surface area contributed by atoms with Gasteiger partial charge in [-0.15, -0.1) is 0 Å². The number of carbonyl (C=O) groups is 1. The van der Waals surface area contributed by atoms with Crippen LogP contribution in [-0.4, -0.2) is 17.5 Å². The number of rotatable bonds is 2. The van der Waals surface area contributed by atoms with Gasteiger partial charge in [-0.1, -0.05) is 28.1 Å². The zero-order chi connectivity index (χ0) is 11.8. The lowest BCUT2D eigenvalue weighted by Crippen LogP contribution is -2.37. The third-order valence-electron chi connectivity index (χ3n) is 2.45. The van der Waals surface area contributed by atoms with Crippen LogP contribution in [0.4, 0.5) is 0 Å². The Morgan fingerprint density at radius 1 is 1.44 bits per heavy atom. The van der Waals surface area contributed by atoms with Crippen LogP contribution in [0.1, 0.15) is 12.5 Å². The van der Waals surface area contributed by atoms with Crippen LogP contribution in [0.25, 0.3) is 0 Å². The Morgan fingerprint density at radius 3 is 2.56 bits per heavy atom. The maximum atomic E-state index is 11.6. The highest BCUT2D eigenvalue weighted by Gasteiger charge is 2.41. The molecular weight excluding hydrogens is 272 g/mol. The molecule has 0 saturated heterocycles. The lowest BCUT2D eigenvalue weighted by molar-refractivity contribution is -0.129. The second kappa shape index (κ2) is 3.90. The molecule has 0 radical (unpaired) electrons. The molecule has 2 N–H and O–H groups in total. The zero-order valence-corrected chi connectivity index (χ0v) is 10.3. The van der Waals surface area contributed by atoms with Gasteiger partial charge in [0, 0.05) is 10.9 Å². The van der Waals surface area contributed by atoms with Crippen molar-refractivity contribution in [3.8, 4) is 0 Å². The van der Waals surface area contributed by atoms with Crippen molar-refractivity contribution in [2.24, 2.45) is 10.7 Å². The fourth-order valence-electron chi connectivity index (χ4n) is 1.62. The smallest absolute Gasteiger partial charge is 0.294 e. The predicted octanol–water partition coefficient (Wildman–Crippen LogP) is 1.62. The Bertz CT molecular complexity index is 456. The van der Waals surface area contributed by atoms with E-state index in [4.69, 9.17) is 10.5 Å². The summed E-state index contributed by atoms with van der Waals surface area (Å²) in [7, 11) is 0. The standard InChI is InChI=1S/C11H11BrN2O2/c1-11(9(15)14-10(13)16-11)6-7-2-4-8(12)5-3-7/h2-5H,6H2,1H3,(H2,13,14,15). The third-order valence-corrected chi connectivity index (χ3v) is 2.98. The summed E-state index contributed by atoms with van der Waals surface area (Å²) in [5.41, 5.74) is 5.42. The molecule has 1 aliphatic heterocycles. The molecule has 84 valence electrons. The first-order valence-corrected chi connectivity index (χ1v) is 5.61. The first-order chi connectivity index (χ1) is 7.49. The fourth-order valence-corrected chi connectivity index (χ4v) is 1.88. The molecular formula is C11H11BrN2O2. The monoisotopic (exact) mass is 282 g/mol. The van der Waals surface area contributed by atoms with E-state index in [0.29, 0.717) is 6.42 Å². The number of nitrogens with two attached hydrogens (primary N) is 1. The van der Waals surface area contributed by atoms with Gasteiger partial charge >= 0.3 is 0 Å². The van der Waals surface area contributed by atoms with E-state index < -0.39 is 5.60 Å². The van der Waals surface area contributed by atoms with Gasteiger partial charge in [-0.2, -0.15) is 4.99 Å². The number of hydrogen-bond acceptors (Lipinski definition) is 3. The number of hydrogen-bond donors (Lipinski definition) is 1. The summed E-state index contributed by atoms with van der Waals surface area (Å²) >= 11 is 3.35. The number of benzene rings is 1. The van der Waals surface area contributed by atoms with Crippen molar-refractivity contribution in [3.05, 3.63) is 34.3 Å². The van der Waals surface area contributed by atoms with E-state index in [1.54, 1.807) is 6.92 Å². The Labute approximate surface area is 102 Å². The van der Waals surface area contributed by atoms with Gasteiger partial charge in [0.15, 0.2) is 5.60 Å². The number of carbonyl (C=O) groups excluding carboxylic acids is 1. The quantitative estimate of drug-likeness (QED) is 0.897. The van der Waals surface area contributed by atoms with Crippen LogP contribution in [0, 0.1) is 0 Å². The lowest BCUT2D eigenvalue weighted by atomic mass is 9.96. The zero-order valence-electron chi connectivity index (χ0n) is 8.74. The SMILES string of the molecule is CC1(Cc2ccc(Br)cc2)OC(N)=NC1=O. The van der Waals surface area contributed by atoms with Gasteiger partial charge in [-0.05, 0) is 24.6 Å². The van der Waals surface area contributed by atoms with Crippen LogP contribution in [0.5, 0.6) is 0 Å². The largest absolute Gasteiger partial charge is 0.448 e. The van der Waals surface area contributed by atoms with Crippen molar-refractivity contribution in [2.45, 2.75) is 18.9 Å². The van der Waals surface area contributed by atoms with E-state index in [9.17, 15) is 4.79 Å². The average Bonchev–Trinajstić information content (AvgIpc) is 2.44. The molecule has 1 heterocycles. The third kappa shape index (κ3) is 2.09. The Balaban J connectivity index is 2.16. The normalized spacial score (nSPS) is 24.1. The number of amidine groups is 1. The summed E-state index contributed by atoms with van der Waals surface area (Å²) in [6.45, 7) is 1.70. The van der Waals surface area contributed by atoms with Gasteiger partial charge in [-0.3, -0.25) is 4.79 Å². The number of ether oxygens (including phenoxy) is 1. The summed E-state index contributed by atoms with van der Waals surface area (Å²) in [6.07, 6.45) is 0.462. The van der Waals surface area contributed by atoms with Crippen molar-refractivity contribution in [1.29, 1.82) is 0 Å². The number of halogens is 1. The molecule has 1 aromatic rings. The number of aliphatic imine (C=N–C) groups is 1. The van der Waals surface area contributed by atoms with E-state index in [-0.39, 0.29) is 11.9 Å². The molecule has 0 bridgehead atoms. The molecule has 0 fully saturated rings. The van der Waals surface area contributed by atoms with Crippen molar-refractivity contribution in [1.82, 2.24) is 0 Å². The Morgan fingerprint density at radius 2 is 2.06 bits per heavy atom.